The largest absolute Gasteiger partial charge is 0.465 e. The van der Waals surface area contributed by atoms with Crippen LogP contribution in [0.5, 0.6) is 0 Å². The number of nitrogens with zero attached hydrogens (tertiary/aromatic N) is 3. The van der Waals surface area contributed by atoms with E-state index in [1.165, 1.54) is 18.0 Å². The molecule has 0 aliphatic carbocycles. The highest BCUT2D eigenvalue weighted by atomic mass is 35.5. The molecule has 2 aromatic heterocycles. The molecule has 0 unspecified atom stereocenters. The number of methoxy groups -OCH3 is 1. The topological polar surface area (TPSA) is 99.2 Å². The summed E-state index contributed by atoms with van der Waals surface area (Å²) in [5, 5.41) is 11.7. The Morgan fingerprint density at radius 2 is 2.04 bits per heavy atom. The van der Waals surface area contributed by atoms with Crippen molar-refractivity contribution in [1.29, 1.82) is 0 Å². The molecule has 0 fully saturated rings. The molecule has 0 saturated heterocycles. The van der Waals surface area contributed by atoms with Crippen LogP contribution in [0.25, 0.3) is 5.69 Å². The third-order valence-corrected chi connectivity index (χ3v) is 4.07. The molecule has 140 valence electrons. The fraction of sp³-hybridized carbons (Fsp3) is 0.222. The number of aryl methyl sites for hydroxylation is 2. The van der Waals surface area contributed by atoms with Gasteiger partial charge in [0.1, 0.15) is 17.1 Å². The SMILES string of the molecule is COC(=O)c1cc(CNC(=O)c2nn(-c3cccc(Cl)c3)nc2C)oc1C. The first-order valence-electron chi connectivity index (χ1n) is 8.04. The van der Waals surface area contributed by atoms with Crippen LogP contribution in [0.2, 0.25) is 5.02 Å². The molecular weight excluding hydrogens is 372 g/mol. The third kappa shape index (κ3) is 4.01. The first-order chi connectivity index (χ1) is 12.9. The lowest BCUT2D eigenvalue weighted by molar-refractivity contribution is 0.0598. The van der Waals surface area contributed by atoms with Gasteiger partial charge >= 0.3 is 5.97 Å². The number of aromatic nitrogens is 3. The van der Waals surface area contributed by atoms with E-state index in [2.05, 4.69) is 20.3 Å². The number of amides is 1. The number of carbonyl (C=O) groups excluding carboxylic acids is 2. The van der Waals surface area contributed by atoms with Crippen LogP contribution in [0.3, 0.4) is 0 Å². The highest BCUT2D eigenvalue weighted by molar-refractivity contribution is 6.30. The molecule has 27 heavy (non-hydrogen) atoms. The lowest BCUT2D eigenvalue weighted by Crippen LogP contribution is -2.24. The van der Waals surface area contributed by atoms with E-state index < -0.39 is 11.9 Å². The smallest absolute Gasteiger partial charge is 0.341 e. The normalized spacial score (nSPS) is 10.7. The standard InChI is InChI=1S/C18H17ClN4O4/c1-10-16(22-23(21-10)13-6-4-5-12(19)7-13)17(24)20-9-14-8-15(11(2)27-14)18(25)26-3/h4-8H,9H2,1-3H3,(H,20,24). The zero-order valence-corrected chi connectivity index (χ0v) is 15.7. The summed E-state index contributed by atoms with van der Waals surface area (Å²) in [5.74, 6) is -0.0427. The number of hydrogen-bond acceptors (Lipinski definition) is 6. The Labute approximate surface area is 160 Å². The molecule has 0 atom stereocenters. The van der Waals surface area contributed by atoms with Crippen molar-refractivity contribution in [2.45, 2.75) is 20.4 Å². The lowest BCUT2D eigenvalue weighted by atomic mass is 10.2. The molecule has 1 N–H and O–H groups in total. The minimum Gasteiger partial charge on any atom is -0.465 e. The van der Waals surface area contributed by atoms with Crippen LogP contribution in [0, 0.1) is 13.8 Å². The van der Waals surface area contributed by atoms with E-state index in [-0.39, 0.29) is 12.2 Å². The summed E-state index contributed by atoms with van der Waals surface area (Å²) in [4.78, 5) is 25.4. The first kappa shape index (κ1) is 18.7. The monoisotopic (exact) mass is 388 g/mol. The zero-order chi connectivity index (χ0) is 19.6. The Bertz CT molecular complexity index is 1010. The fourth-order valence-corrected chi connectivity index (χ4v) is 2.68. The van der Waals surface area contributed by atoms with Gasteiger partial charge in [-0.2, -0.15) is 9.90 Å². The van der Waals surface area contributed by atoms with E-state index in [4.69, 9.17) is 16.0 Å². The molecule has 2 heterocycles. The minimum absolute atomic E-state index is 0.0974. The van der Waals surface area contributed by atoms with Crippen molar-refractivity contribution >= 4 is 23.5 Å². The predicted octanol–water partition coefficient (Wildman–Crippen LogP) is 2.85. The van der Waals surface area contributed by atoms with E-state index in [1.54, 1.807) is 38.1 Å². The average molecular weight is 389 g/mol. The summed E-state index contributed by atoms with van der Waals surface area (Å²) in [5.41, 5.74) is 1.63. The molecule has 0 spiro atoms. The molecule has 1 aromatic carbocycles. The summed E-state index contributed by atoms with van der Waals surface area (Å²) in [6.45, 7) is 3.44. The van der Waals surface area contributed by atoms with Crippen molar-refractivity contribution in [1.82, 2.24) is 20.3 Å². The van der Waals surface area contributed by atoms with Crippen LogP contribution in [0.15, 0.2) is 34.7 Å². The van der Waals surface area contributed by atoms with E-state index in [1.807, 2.05) is 0 Å². The number of furan rings is 1. The van der Waals surface area contributed by atoms with Gasteiger partial charge in [0.2, 0.25) is 0 Å². The van der Waals surface area contributed by atoms with Crippen LogP contribution in [-0.4, -0.2) is 34.0 Å². The van der Waals surface area contributed by atoms with Crippen LogP contribution < -0.4 is 5.32 Å². The van der Waals surface area contributed by atoms with E-state index >= 15 is 0 Å². The number of esters is 1. The molecule has 8 nitrogen and oxygen atoms in total. The van der Waals surface area contributed by atoms with Crippen molar-refractivity contribution in [3.63, 3.8) is 0 Å². The van der Waals surface area contributed by atoms with E-state index in [0.29, 0.717) is 33.5 Å². The van der Waals surface area contributed by atoms with Crippen LogP contribution >= 0.6 is 11.6 Å². The number of ether oxygens (including phenoxy) is 1. The van der Waals surface area contributed by atoms with E-state index in [9.17, 15) is 9.59 Å². The average Bonchev–Trinajstić information content (AvgIpc) is 3.22. The molecule has 0 saturated carbocycles. The highest BCUT2D eigenvalue weighted by Gasteiger charge is 2.19. The van der Waals surface area contributed by atoms with Gasteiger partial charge in [0.25, 0.3) is 5.91 Å². The Kier molecular flexibility index (Phi) is 5.27. The summed E-state index contributed by atoms with van der Waals surface area (Å²) in [6.07, 6.45) is 0. The zero-order valence-electron chi connectivity index (χ0n) is 14.9. The number of nitrogens with one attached hydrogen (secondary N) is 1. The molecule has 3 aromatic rings. The van der Waals surface area contributed by atoms with Gasteiger partial charge in [-0.15, -0.1) is 5.10 Å². The van der Waals surface area contributed by atoms with Gasteiger partial charge in [-0.25, -0.2) is 4.79 Å². The maximum atomic E-state index is 12.4. The lowest BCUT2D eigenvalue weighted by Gasteiger charge is -2.01. The van der Waals surface area contributed by atoms with Crippen LogP contribution in [-0.2, 0) is 11.3 Å². The van der Waals surface area contributed by atoms with Gasteiger partial charge in [0.05, 0.1) is 25.0 Å². The van der Waals surface area contributed by atoms with Gasteiger partial charge in [0.15, 0.2) is 5.69 Å². The molecular formula is C18H17ClN4O4. The molecule has 9 heteroatoms. The summed E-state index contributed by atoms with van der Waals surface area (Å²) < 4.78 is 10.1. The van der Waals surface area contributed by atoms with Gasteiger partial charge in [-0.05, 0) is 38.1 Å². The predicted molar refractivity (Wildman–Crippen MR) is 97.1 cm³/mol. The van der Waals surface area contributed by atoms with Gasteiger partial charge in [-0.1, -0.05) is 17.7 Å². The van der Waals surface area contributed by atoms with Crippen LogP contribution in [0.4, 0.5) is 0 Å². The second-order valence-corrected chi connectivity index (χ2v) is 6.20. The van der Waals surface area contributed by atoms with Gasteiger partial charge in [-0.3, -0.25) is 4.79 Å². The van der Waals surface area contributed by atoms with Crippen molar-refractivity contribution in [2.75, 3.05) is 7.11 Å². The van der Waals surface area contributed by atoms with Gasteiger partial charge in [0, 0.05) is 5.02 Å². The summed E-state index contributed by atoms with van der Waals surface area (Å²) in [6, 6.07) is 8.53. The van der Waals surface area contributed by atoms with E-state index in [0.717, 1.165) is 0 Å². The maximum absolute atomic E-state index is 12.4. The molecule has 1 amide bonds. The molecule has 3 rings (SSSR count). The van der Waals surface area contributed by atoms with Crippen molar-refractivity contribution < 1.29 is 18.7 Å². The Morgan fingerprint density at radius 3 is 2.74 bits per heavy atom. The molecule has 0 aliphatic heterocycles. The number of halogens is 1. The van der Waals surface area contributed by atoms with Crippen molar-refractivity contribution in [2.24, 2.45) is 0 Å². The second kappa shape index (κ2) is 7.63. The first-order valence-corrected chi connectivity index (χ1v) is 8.42. The molecule has 0 radical (unpaired) electrons. The molecule has 0 bridgehead atoms. The Balaban J connectivity index is 1.73. The number of hydrogen-bond donors (Lipinski definition) is 1. The van der Waals surface area contributed by atoms with Crippen molar-refractivity contribution in [3.8, 4) is 5.69 Å². The summed E-state index contributed by atoms with van der Waals surface area (Å²) in [7, 11) is 1.29. The quantitative estimate of drug-likeness (QED) is 0.675. The van der Waals surface area contributed by atoms with Crippen molar-refractivity contribution in [3.05, 3.63) is 63.8 Å². The number of rotatable bonds is 5. The maximum Gasteiger partial charge on any atom is 0.341 e. The van der Waals surface area contributed by atoms with Crippen LogP contribution in [0.1, 0.15) is 38.1 Å². The Morgan fingerprint density at radius 1 is 1.26 bits per heavy atom. The Hall–Kier alpha value is -3.13. The summed E-state index contributed by atoms with van der Waals surface area (Å²) >= 11 is 5.98. The van der Waals surface area contributed by atoms with Gasteiger partial charge < -0.3 is 14.5 Å². The minimum atomic E-state index is -0.492. The third-order valence-electron chi connectivity index (χ3n) is 3.83. The fourth-order valence-electron chi connectivity index (χ4n) is 2.50. The highest BCUT2D eigenvalue weighted by Crippen LogP contribution is 2.16. The molecule has 0 aliphatic rings. The second-order valence-electron chi connectivity index (χ2n) is 5.76. The number of benzene rings is 1. The number of carbonyl (C=O) groups is 2.